The molecule has 3 rings (SSSR count). The highest BCUT2D eigenvalue weighted by Gasteiger charge is 2.29. The third-order valence-corrected chi connectivity index (χ3v) is 4.34. The van der Waals surface area contributed by atoms with Crippen LogP contribution in [0.1, 0.15) is 39.3 Å². The van der Waals surface area contributed by atoms with Crippen molar-refractivity contribution in [1.82, 2.24) is 4.57 Å². The molecular formula is C19H27F3N2O. The van der Waals surface area contributed by atoms with Gasteiger partial charge in [0.15, 0.2) is 0 Å². The molecule has 1 aromatic carbocycles. The molecule has 25 heavy (non-hydrogen) atoms. The Morgan fingerprint density at radius 1 is 1.28 bits per heavy atom. The lowest BCUT2D eigenvalue weighted by molar-refractivity contribution is -0.140. The summed E-state index contributed by atoms with van der Waals surface area (Å²) in [6.07, 6.45) is -2.21. The van der Waals surface area contributed by atoms with Crippen molar-refractivity contribution in [2.75, 3.05) is 11.9 Å². The smallest absolute Gasteiger partial charge is 0.382 e. The van der Waals surface area contributed by atoms with Crippen molar-refractivity contribution in [2.45, 2.75) is 65.4 Å². The van der Waals surface area contributed by atoms with Gasteiger partial charge in [0, 0.05) is 29.4 Å². The molecule has 1 aliphatic heterocycles. The lowest BCUT2D eigenvalue weighted by Gasteiger charge is -2.29. The van der Waals surface area contributed by atoms with Crippen molar-refractivity contribution < 1.29 is 17.9 Å². The number of aromatic nitrogens is 1. The number of rotatable bonds is 3. The standard InChI is InChI=1S/C17H21F3N2O.C2H6/c1-11-8-14-15(21-13-6-7-23-12(2)9-13)4-3-5-16(14)22(11)10-17(18,19)20;1-2/h3-5,8,12-13,21H,6-7,9-10H2,1-2H3;1-2H3. The highest BCUT2D eigenvalue weighted by Crippen LogP contribution is 2.31. The molecule has 140 valence electrons. The van der Waals surface area contributed by atoms with Gasteiger partial charge in [-0.2, -0.15) is 13.2 Å². The van der Waals surface area contributed by atoms with E-state index in [-0.39, 0.29) is 12.1 Å². The molecule has 2 atom stereocenters. The molecule has 2 unspecified atom stereocenters. The van der Waals surface area contributed by atoms with Gasteiger partial charge in [0.25, 0.3) is 0 Å². The van der Waals surface area contributed by atoms with Crippen LogP contribution >= 0.6 is 0 Å². The predicted octanol–water partition coefficient (Wildman–Crippen LogP) is 5.52. The number of hydrogen-bond donors (Lipinski definition) is 1. The fraction of sp³-hybridized carbons (Fsp3) is 0.579. The van der Waals surface area contributed by atoms with Crippen LogP contribution in [0.4, 0.5) is 18.9 Å². The molecule has 0 aliphatic carbocycles. The third-order valence-electron chi connectivity index (χ3n) is 4.34. The Labute approximate surface area is 147 Å². The van der Waals surface area contributed by atoms with Gasteiger partial charge in [-0.05, 0) is 44.9 Å². The summed E-state index contributed by atoms with van der Waals surface area (Å²) < 4.78 is 45.2. The molecule has 0 radical (unpaired) electrons. The second-order valence-electron chi connectivity index (χ2n) is 6.27. The third kappa shape index (κ3) is 4.91. The van der Waals surface area contributed by atoms with Gasteiger partial charge in [-0.1, -0.05) is 19.9 Å². The fourth-order valence-electron chi connectivity index (χ4n) is 3.28. The Balaban J connectivity index is 0.00000109. The molecule has 1 N–H and O–H groups in total. The maximum atomic E-state index is 12.8. The fourth-order valence-corrected chi connectivity index (χ4v) is 3.28. The first-order valence-corrected chi connectivity index (χ1v) is 8.87. The van der Waals surface area contributed by atoms with E-state index < -0.39 is 12.7 Å². The normalized spacial score (nSPS) is 20.9. The number of ether oxygens (including phenoxy) is 1. The number of alkyl halides is 3. The molecule has 6 heteroatoms. The van der Waals surface area contributed by atoms with E-state index in [4.69, 9.17) is 4.74 Å². The number of halogens is 3. The van der Waals surface area contributed by atoms with E-state index in [2.05, 4.69) is 5.32 Å². The minimum Gasteiger partial charge on any atom is -0.382 e. The molecule has 3 nitrogen and oxygen atoms in total. The van der Waals surface area contributed by atoms with Gasteiger partial charge >= 0.3 is 6.18 Å². The van der Waals surface area contributed by atoms with Crippen molar-refractivity contribution in [2.24, 2.45) is 0 Å². The molecule has 1 aromatic heterocycles. The van der Waals surface area contributed by atoms with Gasteiger partial charge in [0.05, 0.1) is 11.6 Å². The van der Waals surface area contributed by atoms with Crippen LogP contribution in [0, 0.1) is 6.92 Å². The Kier molecular flexibility index (Phi) is 6.38. The summed E-state index contributed by atoms with van der Waals surface area (Å²) in [5, 5.41) is 4.32. The van der Waals surface area contributed by atoms with E-state index in [1.54, 1.807) is 19.1 Å². The van der Waals surface area contributed by atoms with Gasteiger partial charge in [-0.25, -0.2) is 0 Å². The highest BCUT2D eigenvalue weighted by molar-refractivity contribution is 5.93. The highest BCUT2D eigenvalue weighted by atomic mass is 19.4. The quantitative estimate of drug-likeness (QED) is 0.784. The van der Waals surface area contributed by atoms with Crippen LogP contribution in [0.2, 0.25) is 0 Å². The predicted molar refractivity (Wildman–Crippen MR) is 96.1 cm³/mol. The van der Waals surface area contributed by atoms with Gasteiger partial charge in [-0.3, -0.25) is 0 Å². The zero-order valence-electron chi connectivity index (χ0n) is 15.3. The van der Waals surface area contributed by atoms with Crippen molar-refractivity contribution in [3.05, 3.63) is 30.0 Å². The SMILES string of the molecule is CC.Cc1cc2c(NC3CCOC(C)C3)cccc2n1CC(F)(F)F. The van der Waals surface area contributed by atoms with E-state index in [0.717, 1.165) is 23.9 Å². The van der Waals surface area contributed by atoms with Crippen LogP contribution < -0.4 is 5.32 Å². The van der Waals surface area contributed by atoms with E-state index >= 15 is 0 Å². The maximum absolute atomic E-state index is 12.8. The van der Waals surface area contributed by atoms with Gasteiger partial charge < -0.3 is 14.6 Å². The number of nitrogens with zero attached hydrogens (tertiary/aromatic N) is 1. The maximum Gasteiger partial charge on any atom is 0.406 e. The monoisotopic (exact) mass is 356 g/mol. The summed E-state index contributed by atoms with van der Waals surface area (Å²) in [5.74, 6) is 0. The Morgan fingerprint density at radius 3 is 2.64 bits per heavy atom. The summed E-state index contributed by atoms with van der Waals surface area (Å²) in [6.45, 7) is 7.51. The summed E-state index contributed by atoms with van der Waals surface area (Å²) in [5.41, 5.74) is 2.13. The molecule has 1 aliphatic rings. The lowest BCUT2D eigenvalue weighted by Crippen LogP contribution is -2.32. The van der Waals surface area contributed by atoms with E-state index in [1.807, 2.05) is 32.9 Å². The number of fused-ring (bicyclic) bond motifs is 1. The summed E-state index contributed by atoms with van der Waals surface area (Å²) in [4.78, 5) is 0. The van der Waals surface area contributed by atoms with Crippen molar-refractivity contribution in [1.29, 1.82) is 0 Å². The number of nitrogens with one attached hydrogen (secondary N) is 1. The molecule has 1 saturated heterocycles. The molecule has 2 aromatic rings. The van der Waals surface area contributed by atoms with Crippen molar-refractivity contribution in [3.63, 3.8) is 0 Å². The molecule has 0 amide bonds. The van der Waals surface area contributed by atoms with Crippen LogP contribution in [0.25, 0.3) is 10.9 Å². The van der Waals surface area contributed by atoms with Crippen molar-refractivity contribution >= 4 is 16.6 Å². The zero-order chi connectivity index (χ0) is 18.6. The number of aryl methyl sites for hydroxylation is 1. The molecule has 0 spiro atoms. The van der Waals surface area contributed by atoms with Crippen LogP contribution in [0.5, 0.6) is 0 Å². The van der Waals surface area contributed by atoms with Gasteiger partial charge in [0.1, 0.15) is 6.54 Å². The average molecular weight is 356 g/mol. The minimum absolute atomic E-state index is 0.206. The number of hydrogen-bond acceptors (Lipinski definition) is 2. The lowest BCUT2D eigenvalue weighted by atomic mass is 10.0. The second-order valence-corrected chi connectivity index (χ2v) is 6.27. The second kappa shape index (κ2) is 8.13. The molecule has 1 fully saturated rings. The van der Waals surface area contributed by atoms with E-state index in [9.17, 15) is 13.2 Å². The van der Waals surface area contributed by atoms with E-state index in [0.29, 0.717) is 17.8 Å². The number of anilines is 1. The van der Waals surface area contributed by atoms with Gasteiger partial charge in [0.2, 0.25) is 0 Å². The zero-order valence-corrected chi connectivity index (χ0v) is 15.3. The molecular weight excluding hydrogens is 329 g/mol. The minimum atomic E-state index is -4.23. The van der Waals surface area contributed by atoms with E-state index in [1.165, 1.54) is 4.57 Å². The van der Waals surface area contributed by atoms with Crippen LogP contribution in [0.15, 0.2) is 24.3 Å². The first-order chi connectivity index (χ1) is 11.8. The summed E-state index contributed by atoms with van der Waals surface area (Å²) >= 11 is 0. The van der Waals surface area contributed by atoms with Gasteiger partial charge in [-0.15, -0.1) is 0 Å². The van der Waals surface area contributed by atoms with Crippen LogP contribution in [-0.2, 0) is 11.3 Å². The largest absolute Gasteiger partial charge is 0.406 e. The Hall–Kier alpha value is -1.69. The molecule has 0 saturated carbocycles. The molecule has 2 heterocycles. The first kappa shape index (κ1) is 19.6. The Bertz CT molecular complexity index is 694. The molecule has 0 bridgehead atoms. The topological polar surface area (TPSA) is 26.2 Å². The van der Waals surface area contributed by atoms with Crippen molar-refractivity contribution in [3.8, 4) is 0 Å². The average Bonchev–Trinajstić information content (AvgIpc) is 2.85. The first-order valence-electron chi connectivity index (χ1n) is 8.87. The summed E-state index contributed by atoms with van der Waals surface area (Å²) in [7, 11) is 0. The summed E-state index contributed by atoms with van der Waals surface area (Å²) in [6, 6.07) is 7.59. The Morgan fingerprint density at radius 2 is 2.00 bits per heavy atom. The number of benzene rings is 1. The van der Waals surface area contributed by atoms with Crippen LogP contribution in [-0.4, -0.2) is 29.5 Å². The van der Waals surface area contributed by atoms with Crippen LogP contribution in [0.3, 0.4) is 0 Å².